The topological polar surface area (TPSA) is 82.8 Å². The van der Waals surface area contributed by atoms with Crippen LogP contribution in [0, 0.1) is 15.3 Å². The number of unbranched alkanes of at least 4 members (excludes halogenated alkanes) is 1. The summed E-state index contributed by atoms with van der Waals surface area (Å²) < 4.78 is 0. The van der Waals surface area contributed by atoms with Crippen LogP contribution in [0.25, 0.3) is 0 Å². The van der Waals surface area contributed by atoms with Crippen LogP contribution in [0.3, 0.4) is 0 Å². The molecule has 0 saturated carbocycles. The number of nitrogens with two attached hydrogens (primary N) is 1. The summed E-state index contributed by atoms with van der Waals surface area (Å²) in [6, 6.07) is 0. The summed E-state index contributed by atoms with van der Waals surface area (Å²) in [6.45, 7) is 7.09. The third-order valence-electron chi connectivity index (χ3n) is 1.25. The Morgan fingerprint density at radius 2 is 1.67 bits per heavy atom. The fourth-order valence-corrected chi connectivity index (χ4v) is 0.697. The zero-order valence-corrected chi connectivity index (χ0v) is 7.78. The molecule has 0 aliphatic carbocycles. The maximum atomic E-state index is 8.25. The van der Waals surface area contributed by atoms with Gasteiger partial charge in [0, 0.05) is 0 Å². The summed E-state index contributed by atoms with van der Waals surface area (Å²) in [7, 11) is 0. The van der Waals surface area contributed by atoms with Crippen molar-refractivity contribution >= 4 is 0 Å². The Hall–Kier alpha value is -0.840. The van der Waals surface area contributed by atoms with E-state index in [0.717, 1.165) is 0 Å². The molecule has 0 amide bonds. The van der Waals surface area contributed by atoms with Gasteiger partial charge in [0.2, 0.25) is 0 Å². The smallest absolute Gasteiger partial charge is 0.0755 e. The fraction of sp³-hybridized carbons (Fsp3) is 1.00. The van der Waals surface area contributed by atoms with E-state index in [-0.39, 0.29) is 0 Å². The van der Waals surface area contributed by atoms with E-state index < -0.39 is 5.09 Å². The summed E-state index contributed by atoms with van der Waals surface area (Å²) in [4.78, 5) is 8.25. The quantitative estimate of drug-likeness (QED) is 0.378. The van der Waals surface area contributed by atoms with Crippen LogP contribution in [0.5, 0.6) is 0 Å². The van der Waals surface area contributed by atoms with E-state index in [1.807, 2.05) is 0 Å². The minimum absolute atomic E-state index is 1.31. The van der Waals surface area contributed by atoms with Gasteiger partial charge in [-0.05, 0) is 12.8 Å². The lowest BCUT2D eigenvalue weighted by atomic mass is 10.3. The average Bonchev–Trinajstić information content (AvgIpc) is 1.97. The highest BCUT2D eigenvalue weighted by Gasteiger charge is 1.84. The molecule has 5 heteroatoms. The standard InChI is InChI=1S/C7H17N.NO3/c1-3-5-7-8-6-4-2;2-1(3)4/h8H,3-7H2,1-2H3;/q;-1/p+1. The molecule has 74 valence electrons. The maximum Gasteiger partial charge on any atom is 0.0755 e. The lowest BCUT2D eigenvalue weighted by Gasteiger charge is -1.95. The van der Waals surface area contributed by atoms with Crippen molar-refractivity contribution in [1.82, 2.24) is 0 Å². The third kappa shape index (κ3) is 35.2. The predicted molar refractivity (Wildman–Crippen MR) is 47.2 cm³/mol. The molecular formula is C7H18N2O3. The molecule has 0 fully saturated rings. The van der Waals surface area contributed by atoms with Crippen molar-refractivity contribution in [3.05, 3.63) is 15.3 Å². The molecule has 0 rings (SSSR count). The lowest BCUT2D eigenvalue weighted by molar-refractivity contribution is -0.655. The van der Waals surface area contributed by atoms with Crippen LogP contribution >= 0.6 is 0 Å². The van der Waals surface area contributed by atoms with Crippen molar-refractivity contribution in [3.8, 4) is 0 Å². The monoisotopic (exact) mass is 178 g/mol. The summed E-state index contributed by atoms with van der Waals surface area (Å²) in [6.07, 6.45) is 4.02. The largest absolute Gasteiger partial charge is 0.356 e. The summed E-state index contributed by atoms with van der Waals surface area (Å²) in [5, 5.41) is 17.1. The molecule has 0 radical (unpaired) electrons. The summed E-state index contributed by atoms with van der Waals surface area (Å²) in [5.41, 5.74) is 0. The molecule has 5 nitrogen and oxygen atoms in total. The van der Waals surface area contributed by atoms with Gasteiger partial charge in [0.15, 0.2) is 0 Å². The van der Waals surface area contributed by atoms with E-state index in [2.05, 4.69) is 19.2 Å². The molecule has 0 atom stereocenters. The molecule has 2 N–H and O–H groups in total. The number of quaternary nitrogens is 1. The molecule has 0 aromatic carbocycles. The molecule has 0 heterocycles. The zero-order valence-electron chi connectivity index (χ0n) is 7.78. The van der Waals surface area contributed by atoms with Gasteiger partial charge in [0.1, 0.15) is 0 Å². The van der Waals surface area contributed by atoms with Gasteiger partial charge in [-0.1, -0.05) is 20.3 Å². The van der Waals surface area contributed by atoms with E-state index in [4.69, 9.17) is 15.3 Å². The minimum atomic E-state index is -1.75. The van der Waals surface area contributed by atoms with Gasteiger partial charge in [-0.25, -0.2) is 0 Å². The Bertz CT molecular complexity index is 88.7. The van der Waals surface area contributed by atoms with Gasteiger partial charge >= 0.3 is 0 Å². The summed E-state index contributed by atoms with van der Waals surface area (Å²) >= 11 is 0. The predicted octanol–water partition coefficient (Wildman–Crippen LogP) is 0.521. The first-order valence-corrected chi connectivity index (χ1v) is 4.28. The summed E-state index contributed by atoms with van der Waals surface area (Å²) in [5.74, 6) is 0. The van der Waals surface area contributed by atoms with Crippen LogP contribution in [0.4, 0.5) is 0 Å². The first kappa shape index (κ1) is 13.7. The van der Waals surface area contributed by atoms with Gasteiger partial charge in [-0.2, -0.15) is 0 Å². The Morgan fingerprint density at radius 1 is 1.17 bits per heavy atom. The van der Waals surface area contributed by atoms with Gasteiger partial charge in [-0.15, -0.1) is 0 Å². The first-order valence-electron chi connectivity index (χ1n) is 4.28. The van der Waals surface area contributed by atoms with Gasteiger partial charge in [-0.3, -0.25) is 0 Å². The third-order valence-corrected chi connectivity index (χ3v) is 1.25. The SMILES string of the molecule is CCCC[NH2+]CCC.O=[N+]([O-])[O-]. The van der Waals surface area contributed by atoms with Crippen LogP contribution in [0.2, 0.25) is 0 Å². The number of nitrogens with zero attached hydrogens (tertiary/aromatic N) is 1. The minimum Gasteiger partial charge on any atom is -0.356 e. The van der Waals surface area contributed by atoms with Crippen LogP contribution < -0.4 is 5.32 Å². The Labute approximate surface area is 72.9 Å². The molecule has 0 aliphatic heterocycles. The van der Waals surface area contributed by atoms with E-state index in [1.54, 1.807) is 0 Å². The molecular weight excluding hydrogens is 160 g/mol. The first-order chi connectivity index (χ1) is 5.65. The lowest BCUT2D eigenvalue weighted by Crippen LogP contribution is -2.84. The second kappa shape index (κ2) is 12.8. The van der Waals surface area contributed by atoms with E-state index in [1.165, 1.54) is 32.4 Å². The Balaban J connectivity index is 0. The molecule has 0 aromatic rings. The van der Waals surface area contributed by atoms with E-state index in [0.29, 0.717) is 0 Å². The average molecular weight is 178 g/mol. The highest BCUT2D eigenvalue weighted by atomic mass is 16.9. The maximum absolute atomic E-state index is 8.25. The van der Waals surface area contributed by atoms with Crippen molar-refractivity contribution < 1.29 is 10.4 Å². The van der Waals surface area contributed by atoms with E-state index in [9.17, 15) is 0 Å². The number of hydrogen-bond donors (Lipinski definition) is 1. The van der Waals surface area contributed by atoms with Crippen molar-refractivity contribution in [2.24, 2.45) is 0 Å². The second-order valence-electron chi connectivity index (χ2n) is 2.44. The number of hydrogen-bond acceptors (Lipinski definition) is 3. The normalized spacial score (nSPS) is 8.50. The van der Waals surface area contributed by atoms with Crippen LogP contribution in [0.15, 0.2) is 0 Å². The molecule has 0 spiro atoms. The Morgan fingerprint density at radius 3 is 2.00 bits per heavy atom. The van der Waals surface area contributed by atoms with Crippen molar-refractivity contribution in [2.45, 2.75) is 33.1 Å². The Kier molecular flexibility index (Phi) is 14.6. The van der Waals surface area contributed by atoms with Crippen LogP contribution in [-0.4, -0.2) is 18.2 Å². The highest BCUT2D eigenvalue weighted by molar-refractivity contribution is 4.25. The van der Waals surface area contributed by atoms with Gasteiger partial charge < -0.3 is 20.6 Å². The molecule has 0 aliphatic rings. The number of rotatable bonds is 5. The molecule has 0 unspecified atom stereocenters. The second-order valence-corrected chi connectivity index (χ2v) is 2.44. The van der Waals surface area contributed by atoms with Gasteiger partial charge in [0.05, 0.1) is 18.2 Å². The van der Waals surface area contributed by atoms with Crippen LogP contribution in [-0.2, 0) is 0 Å². The highest BCUT2D eigenvalue weighted by Crippen LogP contribution is 1.77. The molecule has 0 bridgehead atoms. The van der Waals surface area contributed by atoms with Gasteiger partial charge in [0.25, 0.3) is 0 Å². The van der Waals surface area contributed by atoms with E-state index >= 15 is 0 Å². The van der Waals surface area contributed by atoms with Crippen molar-refractivity contribution in [2.75, 3.05) is 13.1 Å². The van der Waals surface area contributed by atoms with Crippen LogP contribution in [0.1, 0.15) is 33.1 Å². The fourth-order valence-electron chi connectivity index (χ4n) is 0.697. The molecule has 0 aromatic heterocycles. The van der Waals surface area contributed by atoms with Crippen molar-refractivity contribution in [1.29, 1.82) is 0 Å². The van der Waals surface area contributed by atoms with Crippen molar-refractivity contribution in [3.63, 3.8) is 0 Å². The molecule has 12 heavy (non-hydrogen) atoms. The molecule has 0 saturated heterocycles. The zero-order chi connectivity index (χ0) is 9.82.